The van der Waals surface area contributed by atoms with Crippen LogP contribution in [0.15, 0.2) is 30.3 Å². The number of ether oxygens (including phenoxy) is 1. The molecular weight excluding hydrogens is 258 g/mol. The van der Waals surface area contributed by atoms with Gasteiger partial charge in [0, 0.05) is 12.1 Å². The Bertz CT molecular complexity index is 503. The number of hydrogen-bond acceptors (Lipinski definition) is 3. The van der Waals surface area contributed by atoms with Crippen LogP contribution in [0.2, 0.25) is 0 Å². The molecule has 1 aromatic rings. The van der Waals surface area contributed by atoms with E-state index in [0.717, 1.165) is 24.5 Å². The van der Waals surface area contributed by atoms with Crippen LogP contribution < -0.4 is 10.1 Å². The zero-order chi connectivity index (χ0) is 14.4. The summed E-state index contributed by atoms with van der Waals surface area (Å²) in [5.74, 6) is -0.294. The first-order valence-electron chi connectivity index (χ1n) is 6.57. The molecule has 0 atom stereocenters. The van der Waals surface area contributed by atoms with E-state index < -0.39 is 5.97 Å². The lowest BCUT2D eigenvalue weighted by Crippen LogP contribution is -2.26. The van der Waals surface area contributed by atoms with Crippen LogP contribution in [0.1, 0.15) is 24.8 Å². The molecule has 0 heterocycles. The zero-order valence-electron chi connectivity index (χ0n) is 11.0. The van der Waals surface area contributed by atoms with Gasteiger partial charge < -0.3 is 15.2 Å². The molecule has 2 rings (SSSR count). The largest absolute Gasteiger partial charge is 0.493 e. The Morgan fingerprint density at radius 3 is 2.60 bits per heavy atom. The summed E-state index contributed by atoms with van der Waals surface area (Å²) in [6.45, 7) is 0.336. The molecule has 1 aliphatic rings. The van der Waals surface area contributed by atoms with E-state index in [1.54, 1.807) is 24.3 Å². The maximum atomic E-state index is 11.4. The van der Waals surface area contributed by atoms with E-state index in [9.17, 15) is 9.59 Å². The topological polar surface area (TPSA) is 75.6 Å². The van der Waals surface area contributed by atoms with Crippen LogP contribution in [0.3, 0.4) is 0 Å². The van der Waals surface area contributed by atoms with Gasteiger partial charge in [0.25, 0.3) is 0 Å². The van der Waals surface area contributed by atoms with Gasteiger partial charge in [-0.1, -0.05) is 12.1 Å². The summed E-state index contributed by atoms with van der Waals surface area (Å²) in [4.78, 5) is 21.8. The normalized spacial score (nSPS) is 14.2. The van der Waals surface area contributed by atoms with E-state index in [1.807, 2.05) is 0 Å². The number of rotatable bonds is 7. The lowest BCUT2D eigenvalue weighted by Gasteiger charge is -2.06. The molecule has 1 fully saturated rings. The number of benzene rings is 1. The molecular formula is C15H17NO4. The van der Waals surface area contributed by atoms with Gasteiger partial charge in [0.15, 0.2) is 0 Å². The zero-order valence-corrected chi connectivity index (χ0v) is 11.0. The SMILES string of the molecule is O=C(O)/C=C/c1ccc(OCCC(=O)NC2CC2)cc1. The molecule has 0 aliphatic heterocycles. The quantitative estimate of drug-likeness (QED) is 0.744. The molecule has 1 amide bonds. The number of carbonyl (C=O) groups excluding carboxylic acids is 1. The van der Waals surface area contributed by atoms with Gasteiger partial charge in [-0.3, -0.25) is 4.79 Å². The molecule has 0 radical (unpaired) electrons. The first-order valence-corrected chi connectivity index (χ1v) is 6.57. The average molecular weight is 275 g/mol. The highest BCUT2D eigenvalue weighted by molar-refractivity contribution is 5.85. The van der Waals surface area contributed by atoms with Gasteiger partial charge in [-0.25, -0.2) is 4.79 Å². The van der Waals surface area contributed by atoms with Gasteiger partial charge in [0.05, 0.1) is 13.0 Å². The van der Waals surface area contributed by atoms with Gasteiger partial charge in [0.2, 0.25) is 5.91 Å². The summed E-state index contributed by atoms with van der Waals surface area (Å²) in [5.41, 5.74) is 0.784. The second-order valence-corrected chi connectivity index (χ2v) is 4.68. The molecule has 1 aliphatic carbocycles. The number of nitrogens with one attached hydrogen (secondary N) is 1. The molecule has 1 saturated carbocycles. The van der Waals surface area contributed by atoms with Gasteiger partial charge in [-0.05, 0) is 36.6 Å². The van der Waals surface area contributed by atoms with Crippen molar-refractivity contribution in [2.45, 2.75) is 25.3 Å². The Kier molecular flexibility index (Phi) is 4.76. The first kappa shape index (κ1) is 14.1. The maximum absolute atomic E-state index is 11.4. The third kappa shape index (κ3) is 5.14. The summed E-state index contributed by atoms with van der Waals surface area (Å²) in [6, 6.07) is 7.40. The molecule has 0 unspecified atom stereocenters. The number of amides is 1. The standard InChI is InChI=1S/C15H17NO4/c17-14(16-12-4-5-12)9-10-20-13-6-1-11(2-7-13)3-8-15(18)19/h1-3,6-8,12H,4-5,9-10H2,(H,16,17)(H,18,19)/b8-3+. The highest BCUT2D eigenvalue weighted by atomic mass is 16.5. The molecule has 0 bridgehead atoms. The van der Waals surface area contributed by atoms with Crippen molar-refractivity contribution in [2.75, 3.05) is 6.61 Å². The second-order valence-electron chi connectivity index (χ2n) is 4.68. The average Bonchev–Trinajstić information content (AvgIpc) is 3.21. The molecule has 2 N–H and O–H groups in total. The maximum Gasteiger partial charge on any atom is 0.328 e. The van der Waals surface area contributed by atoms with E-state index in [4.69, 9.17) is 9.84 Å². The van der Waals surface area contributed by atoms with Gasteiger partial charge in [-0.2, -0.15) is 0 Å². The molecule has 0 spiro atoms. The van der Waals surface area contributed by atoms with E-state index in [2.05, 4.69) is 5.32 Å². The predicted molar refractivity (Wildman–Crippen MR) is 74.4 cm³/mol. The van der Waals surface area contributed by atoms with Crippen molar-refractivity contribution in [3.63, 3.8) is 0 Å². The lowest BCUT2D eigenvalue weighted by molar-refractivity contribution is -0.131. The van der Waals surface area contributed by atoms with Crippen LogP contribution in [0.4, 0.5) is 0 Å². The summed E-state index contributed by atoms with van der Waals surface area (Å²) < 4.78 is 5.46. The van der Waals surface area contributed by atoms with Crippen molar-refractivity contribution >= 4 is 18.0 Å². The summed E-state index contributed by atoms with van der Waals surface area (Å²) in [7, 11) is 0. The van der Waals surface area contributed by atoms with Gasteiger partial charge >= 0.3 is 5.97 Å². The molecule has 106 valence electrons. The monoisotopic (exact) mass is 275 g/mol. The van der Waals surface area contributed by atoms with Crippen LogP contribution in [-0.4, -0.2) is 29.6 Å². The molecule has 0 aromatic heterocycles. The smallest absolute Gasteiger partial charge is 0.328 e. The Morgan fingerprint density at radius 1 is 1.30 bits per heavy atom. The third-order valence-electron chi connectivity index (χ3n) is 2.84. The predicted octanol–water partition coefficient (Wildman–Crippen LogP) is 1.83. The van der Waals surface area contributed by atoms with E-state index in [1.165, 1.54) is 6.08 Å². The second kappa shape index (κ2) is 6.75. The Hall–Kier alpha value is -2.30. The van der Waals surface area contributed by atoms with Gasteiger partial charge in [-0.15, -0.1) is 0 Å². The van der Waals surface area contributed by atoms with Crippen molar-refractivity contribution in [3.05, 3.63) is 35.9 Å². The first-order chi connectivity index (χ1) is 9.63. The van der Waals surface area contributed by atoms with E-state index in [-0.39, 0.29) is 5.91 Å². The van der Waals surface area contributed by atoms with Crippen molar-refractivity contribution in [1.82, 2.24) is 5.32 Å². The summed E-state index contributed by atoms with van der Waals surface area (Å²) in [5, 5.41) is 11.4. The number of carbonyl (C=O) groups is 2. The lowest BCUT2D eigenvalue weighted by atomic mass is 10.2. The molecule has 20 heavy (non-hydrogen) atoms. The number of aliphatic carboxylic acids is 1. The van der Waals surface area contributed by atoms with Crippen molar-refractivity contribution < 1.29 is 19.4 Å². The van der Waals surface area contributed by atoms with Crippen LogP contribution in [-0.2, 0) is 9.59 Å². The highest BCUT2D eigenvalue weighted by Crippen LogP contribution is 2.18. The number of carboxylic acid groups (broad SMARTS) is 1. The molecule has 1 aromatic carbocycles. The van der Waals surface area contributed by atoms with Gasteiger partial charge in [0.1, 0.15) is 5.75 Å². The van der Waals surface area contributed by atoms with Crippen molar-refractivity contribution in [2.24, 2.45) is 0 Å². The van der Waals surface area contributed by atoms with Crippen molar-refractivity contribution in [1.29, 1.82) is 0 Å². The summed E-state index contributed by atoms with van der Waals surface area (Å²) >= 11 is 0. The van der Waals surface area contributed by atoms with Crippen molar-refractivity contribution in [3.8, 4) is 5.75 Å². The Labute approximate surface area is 117 Å². The molecule has 5 heteroatoms. The fourth-order valence-corrected chi connectivity index (χ4v) is 1.63. The minimum atomic E-state index is -0.980. The molecule has 0 saturated heterocycles. The van der Waals surface area contributed by atoms with E-state index >= 15 is 0 Å². The fraction of sp³-hybridized carbons (Fsp3) is 0.333. The van der Waals surface area contributed by atoms with Crippen LogP contribution in [0.5, 0.6) is 5.75 Å². The Balaban J connectivity index is 1.72. The minimum Gasteiger partial charge on any atom is -0.493 e. The fourth-order valence-electron chi connectivity index (χ4n) is 1.63. The minimum absolute atomic E-state index is 0.0218. The molecule has 5 nitrogen and oxygen atoms in total. The summed E-state index contributed by atoms with van der Waals surface area (Å²) in [6.07, 6.45) is 5.10. The van der Waals surface area contributed by atoms with E-state index in [0.29, 0.717) is 24.8 Å². The third-order valence-corrected chi connectivity index (χ3v) is 2.84. The van der Waals surface area contributed by atoms with Crippen LogP contribution in [0, 0.1) is 0 Å². The van der Waals surface area contributed by atoms with Crippen LogP contribution in [0.25, 0.3) is 6.08 Å². The van der Waals surface area contributed by atoms with Crippen LogP contribution >= 0.6 is 0 Å². The number of hydrogen-bond donors (Lipinski definition) is 2. The Morgan fingerprint density at radius 2 is 2.00 bits per heavy atom. The number of carboxylic acids is 1. The highest BCUT2D eigenvalue weighted by Gasteiger charge is 2.22.